The predicted molar refractivity (Wildman–Crippen MR) is 97.5 cm³/mol. The van der Waals surface area contributed by atoms with Crippen molar-refractivity contribution in [2.45, 2.75) is 109 Å². The Bertz CT molecular complexity index is 236. The number of hydrogen-bond acceptors (Lipinski definition) is 2. The second-order valence-electron chi connectivity index (χ2n) is 7.47. The number of morpholine rings is 1. The molecular weight excluding hydrogens is 270 g/mol. The summed E-state index contributed by atoms with van der Waals surface area (Å²) in [5.41, 5.74) is 0.107. The monoisotopic (exact) mass is 311 g/mol. The van der Waals surface area contributed by atoms with Crippen LogP contribution in [-0.4, -0.2) is 25.3 Å². The van der Waals surface area contributed by atoms with Crippen LogP contribution in [0.1, 0.15) is 104 Å². The Kier molecular flexibility index (Phi) is 12.1. The maximum atomic E-state index is 5.91. The lowest BCUT2D eigenvalue weighted by atomic mass is 9.96. The molecule has 0 bridgehead atoms. The maximum Gasteiger partial charge on any atom is 0.0778 e. The molecular formula is C20H41NO. The van der Waals surface area contributed by atoms with Crippen LogP contribution >= 0.6 is 0 Å². The molecule has 1 heterocycles. The van der Waals surface area contributed by atoms with E-state index in [0.717, 1.165) is 19.7 Å². The molecule has 0 aliphatic carbocycles. The van der Waals surface area contributed by atoms with Crippen LogP contribution in [0.15, 0.2) is 0 Å². The van der Waals surface area contributed by atoms with Crippen molar-refractivity contribution in [3.8, 4) is 0 Å². The zero-order valence-electron chi connectivity index (χ0n) is 15.4. The van der Waals surface area contributed by atoms with Gasteiger partial charge in [0, 0.05) is 13.1 Å². The van der Waals surface area contributed by atoms with Crippen molar-refractivity contribution in [1.29, 1.82) is 0 Å². The molecule has 1 aliphatic heterocycles. The van der Waals surface area contributed by atoms with E-state index in [1.54, 1.807) is 0 Å². The summed E-state index contributed by atoms with van der Waals surface area (Å²) in [7, 11) is 0. The second kappa shape index (κ2) is 13.4. The van der Waals surface area contributed by atoms with Gasteiger partial charge in [-0.25, -0.2) is 0 Å². The molecule has 1 saturated heterocycles. The van der Waals surface area contributed by atoms with Crippen molar-refractivity contribution in [3.63, 3.8) is 0 Å². The molecule has 0 radical (unpaired) electrons. The van der Waals surface area contributed by atoms with Gasteiger partial charge < -0.3 is 10.1 Å². The second-order valence-corrected chi connectivity index (χ2v) is 7.47. The first-order chi connectivity index (χ1) is 10.8. The lowest BCUT2D eigenvalue weighted by Crippen LogP contribution is -2.47. The minimum absolute atomic E-state index is 0.107. The number of rotatable bonds is 14. The van der Waals surface area contributed by atoms with Gasteiger partial charge in [-0.3, -0.25) is 0 Å². The van der Waals surface area contributed by atoms with Gasteiger partial charge in [0.05, 0.1) is 12.2 Å². The number of ether oxygens (including phenoxy) is 1. The molecule has 132 valence electrons. The van der Waals surface area contributed by atoms with E-state index >= 15 is 0 Å². The van der Waals surface area contributed by atoms with E-state index in [1.807, 2.05) is 0 Å². The quantitative estimate of drug-likeness (QED) is 0.406. The summed E-state index contributed by atoms with van der Waals surface area (Å²) in [6.45, 7) is 7.49. The van der Waals surface area contributed by atoms with Crippen LogP contribution in [0.25, 0.3) is 0 Å². The largest absolute Gasteiger partial charge is 0.373 e. The van der Waals surface area contributed by atoms with Crippen LogP contribution < -0.4 is 5.32 Å². The van der Waals surface area contributed by atoms with Crippen LogP contribution in [0, 0.1) is 0 Å². The van der Waals surface area contributed by atoms with Gasteiger partial charge in [0.25, 0.3) is 0 Å². The fourth-order valence-corrected chi connectivity index (χ4v) is 3.45. The molecule has 0 aromatic carbocycles. The molecule has 0 amide bonds. The van der Waals surface area contributed by atoms with E-state index in [-0.39, 0.29) is 5.60 Å². The van der Waals surface area contributed by atoms with Crippen molar-refractivity contribution in [3.05, 3.63) is 0 Å². The van der Waals surface area contributed by atoms with Gasteiger partial charge in [0.2, 0.25) is 0 Å². The Hall–Kier alpha value is -0.0800. The molecule has 2 nitrogen and oxygen atoms in total. The predicted octanol–water partition coefficient (Wildman–Crippen LogP) is 5.85. The third-order valence-corrected chi connectivity index (χ3v) is 5.04. The van der Waals surface area contributed by atoms with Crippen molar-refractivity contribution < 1.29 is 4.74 Å². The summed E-state index contributed by atoms with van der Waals surface area (Å²) in [4.78, 5) is 0. The van der Waals surface area contributed by atoms with Gasteiger partial charge in [-0.1, -0.05) is 90.4 Å². The normalized spacial score (nSPS) is 22.1. The van der Waals surface area contributed by atoms with E-state index in [2.05, 4.69) is 19.2 Å². The van der Waals surface area contributed by atoms with Gasteiger partial charge in [-0.15, -0.1) is 0 Å². The van der Waals surface area contributed by atoms with Crippen LogP contribution in [0.4, 0.5) is 0 Å². The summed E-state index contributed by atoms with van der Waals surface area (Å²) in [5, 5.41) is 3.45. The number of nitrogens with one attached hydrogen (secondary N) is 1. The van der Waals surface area contributed by atoms with Gasteiger partial charge in [0.1, 0.15) is 0 Å². The standard InChI is InChI=1S/C20H41NO/c1-3-4-5-6-7-8-9-10-11-12-13-14-15-16-20(2)19-21-17-18-22-20/h21H,3-19H2,1-2H3. The highest BCUT2D eigenvalue weighted by Crippen LogP contribution is 2.21. The molecule has 1 atom stereocenters. The average molecular weight is 312 g/mol. The maximum absolute atomic E-state index is 5.91. The minimum Gasteiger partial charge on any atom is -0.373 e. The first-order valence-corrected chi connectivity index (χ1v) is 10.1. The summed E-state index contributed by atoms with van der Waals surface area (Å²) < 4.78 is 5.91. The average Bonchev–Trinajstić information content (AvgIpc) is 2.52. The van der Waals surface area contributed by atoms with E-state index in [1.165, 1.54) is 89.9 Å². The van der Waals surface area contributed by atoms with E-state index in [0.29, 0.717) is 0 Å². The van der Waals surface area contributed by atoms with Crippen LogP contribution in [0.5, 0.6) is 0 Å². The zero-order valence-corrected chi connectivity index (χ0v) is 15.4. The molecule has 1 unspecified atom stereocenters. The topological polar surface area (TPSA) is 21.3 Å². The third kappa shape index (κ3) is 10.6. The highest BCUT2D eigenvalue weighted by Gasteiger charge is 2.26. The van der Waals surface area contributed by atoms with E-state index in [4.69, 9.17) is 4.74 Å². The van der Waals surface area contributed by atoms with Gasteiger partial charge in [-0.05, 0) is 13.3 Å². The summed E-state index contributed by atoms with van der Waals surface area (Å²) in [6.07, 6.45) is 19.8. The molecule has 1 fully saturated rings. The smallest absolute Gasteiger partial charge is 0.0778 e. The molecule has 0 aromatic heterocycles. The Morgan fingerprint density at radius 3 is 1.73 bits per heavy atom. The third-order valence-electron chi connectivity index (χ3n) is 5.04. The fraction of sp³-hybridized carbons (Fsp3) is 1.00. The fourth-order valence-electron chi connectivity index (χ4n) is 3.45. The summed E-state index contributed by atoms with van der Waals surface area (Å²) in [6, 6.07) is 0. The number of unbranched alkanes of at least 4 members (excludes halogenated alkanes) is 12. The molecule has 22 heavy (non-hydrogen) atoms. The van der Waals surface area contributed by atoms with Crippen LogP contribution in [0.2, 0.25) is 0 Å². The molecule has 1 aliphatic rings. The molecule has 0 aromatic rings. The Labute approximate surface area is 139 Å². The van der Waals surface area contributed by atoms with Gasteiger partial charge in [0.15, 0.2) is 0 Å². The highest BCUT2D eigenvalue weighted by atomic mass is 16.5. The molecule has 2 heteroatoms. The Morgan fingerprint density at radius 1 is 0.773 bits per heavy atom. The molecule has 0 spiro atoms. The zero-order chi connectivity index (χ0) is 15.9. The van der Waals surface area contributed by atoms with E-state index < -0.39 is 0 Å². The molecule has 1 rings (SSSR count). The summed E-state index contributed by atoms with van der Waals surface area (Å²) >= 11 is 0. The molecule has 1 N–H and O–H groups in total. The number of hydrogen-bond donors (Lipinski definition) is 1. The first-order valence-electron chi connectivity index (χ1n) is 10.1. The van der Waals surface area contributed by atoms with Crippen LogP contribution in [-0.2, 0) is 4.74 Å². The summed E-state index contributed by atoms with van der Waals surface area (Å²) in [5.74, 6) is 0. The van der Waals surface area contributed by atoms with Crippen molar-refractivity contribution >= 4 is 0 Å². The highest BCUT2D eigenvalue weighted by molar-refractivity contribution is 4.81. The Morgan fingerprint density at radius 2 is 1.27 bits per heavy atom. The van der Waals surface area contributed by atoms with Crippen molar-refractivity contribution in [2.75, 3.05) is 19.7 Å². The van der Waals surface area contributed by atoms with Crippen molar-refractivity contribution in [1.82, 2.24) is 5.32 Å². The SMILES string of the molecule is CCCCCCCCCCCCCCCC1(C)CNCCO1. The van der Waals surface area contributed by atoms with Crippen molar-refractivity contribution in [2.24, 2.45) is 0 Å². The molecule has 0 saturated carbocycles. The van der Waals surface area contributed by atoms with Gasteiger partial charge >= 0.3 is 0 Å². The van der Waals surface area contributed by atoms with Crippen LogP contribution in [0.3, 0.4) is 0 Å². The van der Waals surface area contributed by atoms with Gasteiger partial charge in [-0.2, -0.15) is 0 Å². The first kappa shape index (κ1) is 20.0. The Balaban J connectivity index is 1.76. The minimum atomic E-state index is 0.107. The van der Waals surface area contributed by atoms with E-state index in [9.17, 15) is 0 Å². The lowest BCUT2D eigenvalue weighted by Gasteiger charge is -2.34. The lowest BCUT2D eigenvalue weighted by molar-refractivity contribution is -0.0589.